The lowest BCUT2D eigenvalue weighted by atomic mass is 10.1. The summed E-state index contributed by atoms with van der Waals surface area (Å²) in [5, 5.41) is 0. The van der Waals surface area contributed by atoms with E-state index in [0.717, 1.165) is 16.8 Å². The van der Waals surface area contributed by atoms with Crippen LogP contribution in [0, 0.1) is 13.8 Å². The van der Waals surface area contributed by atoms with Gasteiger partial charge in [-0.15, -0.1) is 0 Å². The summed E-state index contributed by atoms with van der Waals surface area (Å²) >= 11 is 0. The Balaban J connectivity index is 2.70. The van der Waals surface area contributed by atoms with Crippen LogP contribution in [0.25, 0.3) is 5.69 Å². The van der Waals surface area contributed by atoms with Crippen LogP contribution in [0.3, 0.4) is 0 Å². The highest BCUT2D eigenvalue weighted by atomic mass is 16.1. The zero-order valence-corrected chi connectivity index (χ0v) is 9.69. The molecular formula is C12H15N3O. The Morgan fingerprint density at radius 1 is 1.12 bits per heavy atom. The molecular weight excluding hydrogens is 202 g/mol. The van der Waals surface area contributed by atoms with Gasteiger partial charge in [-0.3, -0.25) is 4.57 Å². The summed E-state index contributed by atoms with van der Waals surface area (Å²) in [6.45, 7) is 3.93. The molecule has 16 heavy (non-hydrogen) atoms. The summed E-state index contributed by atoms with van der Waals surface area (Å²) in [5.41, 5.74) is 9.42. The van der Waals surface area contributed by atoms with Crippen LogP contribution >= 0.6 is 0 Å². The topological polar surface area (TPSA) is 53.0 Å². The van der Waals surface area contributed by atoms with E-state index in [0.29, 0.717) is 5.69 Å². The number of imidazole rings is 1. The van der Waals surface area contributed by atoms with Crippen LogP contribution in [0.5, 0.6) is 0 Å². The van der Waals surface area contributed by atoms with Gasteiger partial charge in [0.1, 0.15) is 0 Å². The van der Waals surface area contributed by atoms with Crippen molar-refractivity contribution < 1.29 is 0 Å². The highest BCUT2D eigenvalue weighted by Crippen LogP contribution is 2.20. The predicted molar refractivity (Wildman–Crippen MR) is 64.9 cm³/mol. The first-order valence-corrected chi connectivity index (χ1v) is 5.12. The fourth-order valence-corrected chi connectivity index (χ4v) is 1.76. The third-order valence-corrected chi connectivity index (χ3v) is 2.79. The molecule has 4 nitrogen and oxygen atoms in total. The average Bonchev–Trinajstić information content (AvgIpc) is 2.54. The first-order chi connectivity index (χ1) is 7.50. The molecule has 2 rings (SSSR count). The monoisotopic (exact) mass is 217 g/mol. The average molecular weight is 217 g/mol. The van der Waals surface area contributed by atoms with E-state index in [2.05, 4.69) is 0 Å². The molecule has 0 atom stereocenters. The van der Waals surface area contributed by atoms with Crippen molar-refractivity contribution in [2.75, 3.05) is 5.73 Å². The third kappa shape index (κ3) is 1.52. The third-order valence-electron chi connectivity index (χ3n) is 2.79. The first kappa shape index (κ1) is 10.5. The molecule has 0 saturated heterocycles. The van der Waals surface area contributed by atoms with Crippen molar-refractivity contribution >= 4 is 5.69 Å². The fourth-order valence-electron chi connectivity index (χ4n) is 1.76. The van der Waals surface area contributed by atoms with E-state index >= 15 is 0 Å². The van der Waals surface area contributed by atoms with Gasteiger partial charge >= 0.3 is 5.69 Å². The highest BCUT2D eigenvalue weighted by molar-refractivity contribution is 5.57. The van der Waals surface area contributed by atoms with Crippen LogP contribution in [0.4, 0.5) is 5.69 Å². The molecule has 0 aliphatic heterocycles. The summed E-state index contributed by atoms with van der Waals surface area (Å²) in [7, 11) is 1.73. The fraction of sp³-hybridized carbons (Fsp3) is 0.250. The van der Waals surface area contributed by atoms with Crippen molar-refractivity contribution in [2.24, 2.45) is 7.05 Å². The van der Waals surface area contributed by atoms with E-state index in [1.807, 2.05) is 26.0 Å². The van der Waals surface area contributed by atoms with Gasteiger partial charge in [-0.05, 0) is 31.0 Å². The van der Waals surface area contributed by atoms with Gasteiger partial charge in [0.25, 0.3) is 0 Å². The molecule has 0 fully saturated rings. The summed E-state index contributed by atoms with van der Waals surface area (Å²) < 4.78 is 3.14. The Hall–Kier alpha value is -1.97. The second-order valence-corrected chi connectivity index (χ2v) is 4.06. The van der Waals surface area contributed by atoms with Gasteiger partial charge in [0, 0.05) is 25.1 Å². The smallest absolute Gasteiger partial charge is 0.332 e. The molecule has 0 radical (unpaired) electrons. The van der Waals surface area contributed by atoms with E-state index in [1.54, 1.807) is 24.0 Å². The number of nitrogens with two attached hydrogens (primary N) is 1. The maximum atomic E-state index is 11.8. The van der Waals surface area contributed by atoms with Crippen LogP contribution in [0.1, 0.15) is 11.1 Å². The van der Waals surface area contributed by atoms with Gasteiger partial charge in [-0.1, -0.05) is 6.07 Å². The quantitative estimate of drug-likeness (QED) is 0.733. The zero-order chi connectivity index (χ0) is 11.9. The number of hydrogen-bond acceptors (Lipinski definition) is 2. The van der Waals surface area contributed by atoms with Crippen LogP contribution < -0.4 is 11.4 Å². The van der Waals surface area contributed by atoms with Crippen molar-refractivity contribution in [3.63, 3.8) is 0 Å². The van der Waals surface area contributed by atoms with Gasteiger partial charge in [0.2, 0.25) is 0 Å². The molecule has 0 unspecified atom stereocenters. The molecule has 0 amide bonds. The van der Waals surface area contributed by atoms with E-state index < -0.39 is 0 Å². The van der Waals surface area contributed by atoms with Crippen molar-refractivity contribution in [3.8, 4) is 5.69 Å². The minimum absolute atomic E-state index is 0.0636. The minimum Gasteiger partial charge on any atom is -0.398 e. The molecule has 1 aromatic heterocycles. The van der Waals surface area contributed by atoms with Crippen molar-refractivity contribution in [1.82, 2.24) is 9.13 Å². The van der Waals surface area contributed by atoms with E-state index in [4.69, 9.17) is 5.73 Å². The maximum absolute atomic E-state index is 11.8. The number of nitrogen functional groups attached to an aromatic ring is 1. The molecule has 0 aliphatic rings. The number of benzene rings is 1. The predicted octanol–water partition coefficient (Wildman–Crippen LogP) is 1.38. The molecule has 1 aromatic carbocycles. The van der Waals surface area contributed by atoms with Crippen molar-refractivity contribution in [1.29, 1.82) is 0 Å². The summed E-state index contributed by atoms with van der Waals surface area (Å²) in [6, 6.07) is 3.83. The van der Waals surface area contributed by atoms with Crippen LogP contribution in [-0.4, -0.2) is 9.13 Å². The van der Waals surface area contributed by atoms with E-state index in [9.17, 15) is 4.79 Å². The van der Waals surface area contributed by atoms with Crippen molar-refractivity contribution in [3.05, 3.63) is 46.1 Å². The number of nitrogens with zero attached hydrogens (tertiary/aromatic N) is 2. The molecule has 4 heteroatoms. The van der Waals surface area contributed by atoms with Gasteiger partial charge < -0.3 is 10.3 Å². The first-order valence-electron chi connectivity index (χ1n) is 5.12. The minimum atomic E-state index is -0.0636. The zero-order valence-electron chi connectivity index (χ0n) is 9.69. The van der Waals surface area contributed by atoms with Gasteiger partial charge in [0.15, 0.2) is 0 Å². The Bertz CT molecular complexity index is 593. The normalized spacial score (nSPS) is 10.7. The van der Waals surface area contributed by atoms with Crippen LogP contribution in [0.2, 0.25) is 0 Å². The van der Waals surface area contributed by atoms with Crippen LogP contribution in [0.15, 0.2) is 29.3 Å². The molecule has 2 N–H and O–H groups in total. The van der Waals surface area contributed by atoms with E-state index in [-0.39, 0.29) is 5.69 Å². The molecule has 2 aromatic rings. The SMILES string of the molecule is Cc1cc(C)c(-n2ccn(C)c2=O)cc1N. The Morgan fingerprint density at radius 2 is 1.81 bits per heavy atom. The van der Waals surface area contributed by atoms with Gasteiger partial charge in [-0.25, -0.2) is 4.79 Å². The molecule has 1 heterocycles. The molecule has 84 valence electrons. The standard InChI is InChI=1S/C12H15N3O/c1-8-6-9(2)11(7-10(8)13)15-5-4-14(3)12(15)16/h4-7H,13H2,1-3H3. The molecule has 0 bridgehead atoms. The Labute approximate surface area is 93.9 Å². The van der Waals surface area contributed by atoms with Crippen LogP contribution in [-0.2, 0) is 7.05 Å². The number of hydrogen-bond donors (Lipinski definition) is 1. The molecule has 0 aliphatic carbocycles. The lowest BCUT2D eigenvalue weighted by Crippen LogP contribution is -2.21. The number of aryl methyl sites for hydroxylation is 3. The second-order valence-electron chi connectivity index (χ2n) is 4.06. The largest absolute Gasteiger partial charge is 0.398 e. The Kier molecular flexibility index (Phi) is 2.34. The molecule has 0 saturated carbocycles. The molecule has 0 spiro atoms. The number of anilines is 1. The highest BCUT2D eigenvalue weighted by Gasteiger charge is 2.07. The van der Waals surface area contributed by atoms with E-state index in [1.165, 1.54) is 4.57 Å². The summed E-state index contributed by atoms with van der Waals surface area (Å²) in [6.07, 6.45) is 3.48. The number of aromatic nitrogens is 2. The number of rotatable bonds is 1. The summed E-state index contributed by atoms with van der Waals surface area (Å²) in [5.74, 6) is 0. The lowest BCUT2D eigenvalue weighted by Gasteiger charge is -2.09. The Morgan fingerprint density at radius 3 is 2.38 bits per heavy atom. The summed E-state index contributed by atoms with van der Waals surface area (Å²) in [4.78, 5) is 11.8. The lowest BCUT2D eigenvalue weighted by molar-refractivity contribution is 0.822. The van der Waals surface area contributed by atoms with Crippen molar-refractivity contribution in [2.45, 2.75) is 13.8 Å². The maximum Gasteiger partial charge on any atom is 0.332 e. The van der Waals surface area contributed by atoms with Gasteiger partial charge in [-0.2, -0.15) is 0 Å². The van der Waals surface area contributed by atoms with Gasteiger partial charge in [0.05, 0.1) is 5.69 Å². The second kappa shape index (κ2) is 3.56.